The zero-order valence-electron chi connectivity index (χ0n) is 13.4. The zero-order chi connectivity index (χ0) is 15.2. The highest BCUT2D eigenvalue weighted by Crippen LogP contribution is 2.01. The van der Waals surface area contributed by atoms with Crippen molar-refractivity contribution < 1.29 is 14.3 Å². The molecule has 20 heavy (non-hydrogen) atoms. The van der Waals surface area contributed by atoms with Crippen molar-refractivity contribution in [3.63, 3.8) is 0 Å². The first kappa shape index (κ1) is 19.1. The van der Waals surface area contributed by atoms with Crippen LogP contribution in [0.4, 0.5) is 0 Å². The van der Waals surface area contributed by atoms with Crippen molar-refractivity contribution in [2.45, 2.75) is 65.7 Å². The Balaban J connectivity index is 3.23. The van der Waals surface area contributed by atoms with Crippen LogP contribution < -0.4 is 5.32 Å². The van der Waals surface area contributed by atoms with E-state index in [1.54, 1.807) is 6.92 Å². The van der Waals surface area contributed by atoms with E-state index in [9.17, 15) is 9.59 Å². The molecule has 118 valence electrons. The van der Waals surface area contributed by atoms with E-state index in [1.807, 2.05) is 0 Å². The number of carbonyl (C=O) groups excluding carboxylic acids is 2. The van der Waals surface area contributed by atoms with Crippen LogP contribution in [0.3, 0.4) is 0 Å². The predicted octanol–water partition coefficient (Wildman–Crippen LogP) is 3.09. The average molecular weight is 285 g/mol. The van der Waals surface area contributed by atoms with Crippen LogP contribution >= 0.6 is 0 Å². The van der Waals surface area contributed by atoms with Crippen molar-refractivity contribution in [2.24, 2.45) is 5.92 Å². The number of nitrogens with one attached hydrogen (secondary N) is 1. The fraction of sp³-hybridized carbons (Fsp3) is 0.875. The Kier molecular flexibility index (Phi) is 12.5. The summed E-state index contributed by atoms with van der Waals surface area (Å²) in [6, 6.07) is 0. The van der Waals surface area contributed by atoms with Crippen molar-refractivity contribution in [1.82, 2.24) is 5.32 Å². The minimum Gasteiger partial charge on any atom is -0.381 e. The molecule has 0 heterocycles. The Labute approximate surface area is 123 Å². The highest BCUT2D eigenvalue weighted by atomic mass is 16.5. The van der Waals surface area contributed by atoms with Gasteiger partial charge in [0.15, 0.2) is 0 Å². The number of unbranched alkanes of at least 4 members (excludes halogenated alkanes) is 2. The molecule has 1 amide bonds. The van der Waals surface area contributed by atoms with Gasteiger partial charge in [0.2, 0.25) is 5.91 Å². The summed E-state index contributed by atoms with van der Waals surface area (Å²) >= 11 is 0. The molecule has 1 N–H and O–H groups in total. The van der Waals surface area contributed by atoms with Crippen LogP contribution in [0.2, 0.25) is 0 Å². The molecular formula is C16H31NO3. The maximum Gasteiger partial charge on any atom is 0.220 e. The lowest BCUT2D eigenvalue weighted by Gasteiger charge is -2.07. The number of rotatable bonds is 13. The molecular weight excluding hydrogens is 254 g/mol. The van der Waals surface area contributed by atoms with E-state index < -0.39 is 0 Å². The fourth-order valence-electron chi connectivity index (χ4n) is 1.75. The molecule has 0 atom stereocenters. The number of carbonyl (C=O) groups is 2. The molecule has 0 aliphatic rings. The van der Waals surface area contributed by atoms with E-state index in [1.165, 1.54) is 0 Å². The SMILES string of the molecule is CC(=O)CCCCCNC(=O)CCCOCCC(C)C. The molecule has 0 aliphatic heterocycles. The van der Waals surface area contributed by atoms with Crippen LogP contribution in [-0.4, -0.2) is 31.4 Å². The van der Waals surface area contributed by atoms with E-state index in [4.69, 9.17) is 4.74 Å². The summed E-state index contributed by atoms with van der Waals surface area (Å²) in [5, 5.41) is 2.90. The molecule has 0 aromatic carbocycles. The molecule has 0 aliphatic carbocycles. The van der Waals surface area contributed by atoms with Gasteiger partial charge in [0.25, 0.3) is 0 Å². The summed E-state index contributed by atoms with van der Waals surface area (Å²) in [5.41, 5.74) is 0. The van der Waals surface area contributed by atoms with Crippen molar-refractivity contribution in [1.29, 1.82) is 0 Å². The molecule has 0 rings (SSSR count). The third-order valence-electron chi connectivity index (χ3n) is 3.06. The van der Waals surface area contributed by atoms with Crippen LogP contribution in [0.1, 0.15) is 65.7 Å². The van der Waals surface area contributed by atoms with Gasteiger partial charge in [-0.05, 0) is 38.5 Å². The van der Waals surface area contributed by atoms with Crippen LogP contribution in [0, 0.1) is 5.92 Å². The highest BCUT2D eigenvalue weighted by Gasteiger charge is 2.01. The summed E-state index contributed by atoms with van der Waals surface area (Å²) in [6.07, 6.45) is 5.93. The second kappa shape index (κ2) is 13.1. The maximum atomic E-state index is 11.5. The third-order valence-corrected chi connectivity index (χ3v) is 3.06. The molecule has 0 bridgehead atoms. The minimum atomic E-state index is 0.101. The van der Waals surface area contributed by atoms with Gasteiger partial charge in [0.1, 0.15) is 5.78 Å². The van der Waals surface area contributed by atoms with Gasteiger partial charge >= 0.3 is 0 Å². The Morgan fingerprint density at radius 1 is 1.00 bits per heavy atom. The number of ether oxygens (including phenoxy) is 1. The van der Waals surface area contributed by atoms with Gasteiger partial charge in [-0.3, -0.25) is 4.79 Å². The van der Waals surface area contributed by atoms with Gasteiger partial charge in [-0.25, -0.2) is 0 Å². The largest absolute Gasteiger partial charge is 0.381 e. The van der Waals surface area contributed by atoms with Crippen molar-refractivity contribution in [3.05, 3.63) is 0 Å². The first-order valence-corrected chi connectivity index (χ1v) is 7.86. The highest BCUT2D eigenvalue weighted by molar-refractivity contribution is 5.76. The molecule has 4 heteroatoms. The van der Waals surface area contributed by atoms with Gasteiger partial charge in [-0.2, -0.15) is 0 Å². The number of hydrogen-bond acceptors (Lipinski definition) is 3. The summed E-state index contributed by atoms with van der Waals surface area (Å²) < 4.78 is 5.46. The Hall–Kier alpha value is -0.900. The molecule has 0 aromatic heterocycles. The number of amides is 1. The Morgan fingerprint density at radius 3 is 2.40 bits per heavy atom. The summed E-state index contributed by atoms with van der Waals surface area (Å²) in [5.74, 6) is 1.01. The smallest absolute Gasteiger partial charge is 0.220 e. The molecule has 0 aromatic rings. The lowest BCUT2D eigenvalue weighted by molar-refractivity contribution is -0.121. The maximum absolute atomic E-state index is 11.5. The van der Waals surface area contributed by atoms with Crippen LogP contribution in [0.25, 0.3) is 0 Å². The molecule has 0 saturated heterocycles. The van der Waals surface area contributed by atoms with Gasteiger partial charge in [0.05, 0.1) is 0 Å². The van der Waals surface area contributed by atoms with Crippen molar-refractivity contribution in [3.8, 4) is 0 Å². The second-order valence-corrected chi connectivity index (χ2v) is 5.76. The van der Waals surface area contributed by atoms with E-state index in [0.29, 0.717) is 31.9 Å². The minimum absolute atomic E-state index is 0.101. The quantitative estimate of drug-likeness (QED) is 0.529. The Bertz CT molecular complexity index is 264. The summed E-state index contributed by atoms with van der Waals surface area (Å²) in [7, 11) is 0. The molecule has 4 nitrogen and oxygen atoms in total. The molecule has 0 radical (unpaired) electrons. The number of hydrogen-bond donors (Lipinski definition) is 1. The summed E-state index contributed by atoms with van der Waals surface area (Å²) in [6.45, 7) is 8.13. The standard InChI is InChI=1S/C16H31NO3/c1-14(2)10-13-20-12-7-9-16(19)17-11-6-4-5-8-15(3)18/h14H,4-13H2,1-3H3,(H,17,19). The summed E-state index contributed by atoms with van der Waals surface area (Å²) in [4.78, 5) is 22.2. The second-order valence-electron chi connectivity index (χ2n) is 5.76. The topological polar surface area (TPSA) is 55.4 Å². The zero-order valence-corrected chi connectivity index (χ0v) is 13.4. The van der Waals surface area contributed by atoms with Crippen LogP contribution in [0.15, 0.2) is 0 Å². The predicted molar refractivity (Wildman–Crippen MR) is 81.7 cm³/mol. The van der Waals surface area contributed by atoms with E-state index in [2.05, 4.69) is 19.2 Å². The first-order valence-electron chi connectivity index (χ1n) is 7.86. The van der Waals surface area contributed by atoms with Crippen molar-refractivity contribution >= 4 is 11.7 Å². The average Bonchev–Trinajstić information content (AvgIpc) is 2.37. The van der Waals surface area contributed by atoms with Gasteiger partial charge in [-0.15, -0.1) is 0 Å². The molecule has 0 spiro atoms. The molecule has 0 unspecified atom stereocenters. The van der Waals surface area contributed by atoms with Gasteiger partial charge in [-0.1, -0.05) is 20.3 Å². The first-order chi connectivity index (χ1) is 9.52. The van der Waals surface area contributed by atoms with Gasteiger partial charge < -0.3 is 14.8 Å². The third kappa shape index (κ3) is 15.2. The monoisotopic (exact) mass is 285 g/mol. The fourth-order valence-corrected chi connectivity index (χ4v) is 1.75. The lowest BCUT2D eigenvalue weighted by Crippen LogP contribution is -2.24. The van der Waals surface area contributed by atoms with Crippen molar-refractivity contribution in [2.75, 3.05) is 19.8 Å². The Morgan fingerprint density at radius 2 is 1.75 bits per heavy atom. The van der Waals surface area contributed by atoms with Gasteiger partial charge in [0, 0.05) is 32.6 Å². The van der Waals surface area contributed by atoms with E-state index >= 15 is 0 Å². The van der Waals surface area contributed by atoms with Crippen LogP contribution in [-0.2, 0) is 14.3 Å². The molecule has 0 saturated carbocycles. The van der Waals surface area contributed by atoms with Crippen LogP contribution in [0.5, 0.6) is 0 Å². The van der Waals surface area contributed by atoms with E-state index in [0.717, 1.165) is 38.7 Å². The normalized spacial score (nSPS) is 10.8. The number of ketones is 1. The molecule has 0 fully saturated rings. The van der Waals surface area contributed by atoms with E-state index in [-0.39, 0.29) is 11.7 Å². The lowest BCUT2D eigenvalue weighted by atomic mass is 10.1. The number of Topliss-reactive ketones (excluding diaryl/α,β-unsaturated/α-hetero) is 1.